The third kappa shape index (κ3) is 4.11. The summed E-state index contributed by atoms with van der Waals surface area (Å²) in [6.07, 6.45) is 0. The van der Waals surface area contributed by atoms with E-state index < -0.39 is 12.7 Å². The molecule has 1 aromatic heterocycles. The molecule has 0 radical (unpaired) electrons. The summed E-state index contributed by atoms with van der Waals surface area (Å²) >= 11 is 5.34. The largest absolute Gasteiger partial charge is 0.435 e. The number of aryl methyl sites for hydroxylation is 1. The SMILES string of the molecule is CC1=C(C(=O)Nc2cc(C)on2)[C@H](c2ccc(OC(F)F)cc2)NC(=S)N1C. The van der Waals surface area contributed by atoms with Crippen molar-refractivity contribution in [2.45, 2.75) is 26.5 Å². The van der Waals surface area contributed by atoms with Crippen molar-refractivity contribution in [2.75, 3.05) is 12.4 Å². The zero-order chi connectivity index (χ0) is 20.4. The average Bonchev–Trinajstić information content (AvgIpc) is 3.04. The van der Waals surface area contributed by atoms with Crippen molar-refractivity contribution in [1.82, 2.24) is 15.4 Å². The molecule has 28 heavy (non-hydrogen) atoms. The smallest absolute Gasteiger partial charge is 0.387 e. The summed E-state index contributed by atoms with van der Waals surface area (Å²) in [7, 11) is 1.74. The van der Waals surface area contributed by atoms with Crippen LogP contribution in [-0.2, 0) is 4.79 Å². The van der Waals surface area contributed by atoms with Crippen LogP contribution >= 0.6 is 12.2 Å². The van der Waals surface area contributed by atoms with Gasteiger partial charge in [-0.2, -0.15) is 8.78 Å². The second-order valence-corrected chi connectivity index (χ2v) is 6.55. The van der Waals surface area contributed by atoms with Crippen molar-refractivity contribution in [3.63, 3.8) is 0 Å². The Hall–Kier alpha value is -3.01. The maximum Gasteiger partial charge on any atom is 0.387 e. The monoisotopic (exact) mass is 408 g/mol. The number of benzene rings is 1. The van der Waals surface area contributed by atoms with Gasteiger partial charge in [-0.25, -0.2) is 0 Å². The number of nitrogens with one attached hydrogen (secondary N) is 2. The van der Waals surface area contributed by atoms with E-state index in [1.165, 1.54) is 12.1 Å². The molecule has 148 valence electrons. The van der Waals surface area contributed by atoms with Crippen molar-refractivity contribution in [3.8, 4) is 5.75 Å². The summed E-state index contributed by atoms with van der Waals surface area (Å²) < 4.78 is 34.1. The first-order valence-electron chi connectivity index (χ1n) is 8.30. The van der Waals surface area contributed by atoms with E-state index in [1.54, 1.807) is 44.0 Å². The van der Waals surface area contributed by atoms with Crippen LogP contribution in [-0.4, -0.2) is 34.7 Å². The number of allylic oxidation sites excluding steroid dienone is 1. The van der Waals surface area contributed by atoms with Crippen LogP contribution in [0.5, 0.6) is 5.75 Å². The summed E-state index contributed by atoms with van der Waals surface area (Å²) in [6.45, 7) is 0.583. The number of amides is 1. The minimum absolute atomic E-state index is 0.0269. The Morgan fingerprint density at radius 3 is 2.61 bits per heavy atom. The molecule has 2 aromatic rings. The fourth-order valence-electron chi connectivity index (χ4n) is 2.83. The van der Waals surface area contributed by atoms with Gasteiger partial charge in [0.1, 0.15) is 11.5 Å². The number of ether oxygens (including phenoxy) is 1. The Kier molecular flexibility index (Phi) is 5.59. The Balaban J connectivity index is 1.93. The van der Waals surface area contributed by atoms with Gasteiger partial charge in [0.25, 0.3) is 5.91 Å². The summed E-state index contributed by atoms with van der Waals surface area (Å²) in [4.78, 5) is 14.6. The van der Waals surface area contributed by atoms with Gasteiger partial charge >= 0.3 is 6.61 Å². The molecule has 0 saturated heterocycles. The molecule has 1 aliphatic rings. The van der Waals surface area contributed by atoms with Crippen molar-refractivity contribution >= 4 is 29.1 Å². The van der Waals surface area contributed by atoms with Gasteiger partial charge in [0.05, 0.1) is 11.6 Å². The number of rotatable bonds is 5. The van der Waals surface area contributed by atoms with Gasteiger partial charge < -0.3 is 24.8 Å². The zero-order valence-electron chi connectivity index (χ0n) is 15.3. The lowest BCUT2D eigenvalue weighted by atomic mass is 9.94. The number of hydrogen-bond acceptors (Lipinski definition) is 5. The van der Waals surface area contributed by atoms with E-state index in [2.05, 4.69) is 20.5 Å². The lowest BCUT2D eigenvalue weighted by Crippen LogP contribution is -2.46. The van der Waals surface area contributed by atoms with Crippen LogP contribution in [0.1, 0.15) is 24.3 Å². The standard InChI is InChI=1S/C18H18F2N4O3S/c1-9-8-13(23-27-9)21-16(25)14-10(2)24(3)18(28)22-15(14)11-4-6-12(7-5-11)26-17(19)20/h4-8,15,17H,1-3H3,(H,22,28)(H,21,23,25)/t15-/m0/s1. The van der Waals surface area contributed by atoms with Crippen LogP contribution in [0.25, 0.3) is 0 Å². The van der Waals surface area contributed by atoms with Crippen LogP contribution in [0.4, 0.5) is 14.6 Å². The molecule has 0 bridgehead atoms. The molecule has 1 amide bonds. The molecule has 0 fully saturated rings. The Morgan fingerprint density at radius 2 is 2.04 bits per heavy atom. The van der Waals surface area contributed by atoms with Crippen molar-refractivity contribution in [1.29, 1.82) is 0 Å². The normalized spacial score (nSPS) is 17.0. The van der Waals surface area contributed by atoms with Crippen LogP contribution in [0.15, 0.2) is 46.1 Å². The highest BCUT2D eigenvalue weighted by Crippen LogP contribution is 2.31. The number of alkyl halides is 2. The summed E-state index contributed by atoms with van der Waals surface area (Å²) in [5.74, 6) is 0.495. The van der Waals surface area contributed by atoms with Crippen molar-refractivity contribution in [3.05, 3.63) is 52.9 Å². The van der Waals surface area contributed by atoms with E-state index in [0.29, 0.717) is 27.7 Å². The highest BCUT2D eigenvalue weighted by molar-refractivity contribution is 7.80. The average molecular weight is 408 g/mol. The van der Waals surface area contributed by atoms with E-state index >= 15 is 0 Å². The lowest BCUT2D eigenvalue weighted by Gasteiger charge is -2.35. The summed E-state index contributed by atoms with van der Waals surface area (Å²) in [6, 6.07) is 7.06. The Labute approximate surface area is 165 Å². The Morgan fingerprint density at radius 1 is 1.36 bits per heavy atom. The number of anilines is 1. The van der Waals surface area contributed by atoms with Crippen LogP contribution < -0.4 is 15.4 Å². The molecule has 1 aliphatic heterocycles. The minimum Gasteiger partial charge on any atom is -0.435 e. The summed E-state index contributed by atoms with van der Waals surface area (Å²) in [5, 5.41) is 10.0. The van der Waals surface area contributed by atoms with Gasteiger partial charge in [-0.1, -0.05) is 17.3 Å². The molecular formula is C18H18F2N4O3S. The fourth-order valence-corrected chi connectivity index (χ4v) is 3.09. The highest BCUT2D eigenvalue weighted by atomic mass is 32.1. The quantitative estimate of drug-likeness (QED) is 0.735. The number of carbonyl (C=O) groups excluding carboxylic acids is 1. The third-order valence-electron chi connectivity index (χ3n) is 4.31. The van der Waals surface area contributed by atoms with Gasteiger partial charge in [-0.05, 0) is 43.8 Å². The minimum atomic E-state index is -2.91. The van der Waals surface area contributed by atoms with Crippen LogP contribution in [0.2, 0.25) is 0 Å². The molecule has 10 heteroatoms. The van der Waals surface area contributed by atoms with E-state index in [1.807, 2.05) is 0 Å². The molecule has 3 rings (SSSR count). The number of carbonyl (C=O) groups is 1. The van der Waals surface area contributed by atoms with E-state index in [9.17, 15) is 13.6 Å². The van der Waals surface area contributed by atoms with E-state index in [-0.39, 0.29) is 17.5 Å². The van der Waals surface area contributed by atoms with Crippen LogP contribution in [0.3, 0.4) is 0 Å². The molecule has 0 saturated carbocycles. The fraction of sp³-hybridized carbons (Fsp3) is 0.278. The topological polar surface area (TPSA) is 79.6 Å². The Bertz CT molecular complexity index is 927. The molecule has 2 heterocycles. The first kappa shape index (κ1) is 19.7. The van der Waals surface area contributed by atoms with Crippen LogP contribution in [0, 0.1) is 6.92 Å². The second-order valence-electron chi connectivity index (χ2n) is 6.17. The predicted molar refractivity (Wildman–Crippen MR) is 102 cm³/mol. The maximum atomic E-state index is 13.0. The summed E-state index contributed by atoms with van der Waals surface area (Å²) in [5.41, 5.74) is 1.73. The number of aromatic nitrogens is 1. The number of thiocarbonyl (C=S) groups is 1. The number of nitrogens with zero attached hydrogens (tertiary/aromatic N) is 2. The first-order valence-corrected chi connectivity index (χ1v) is 8.71. The number of halogens is 2. The molecule has 1 aromatic carbocycles. The van der Waals surface area contributed by atoms with Gasteiger partial charge in [0.2, 0.25) is 0 Å². The number of hydrogen-bond donors (Lipinski definition) is 2. The van der Waals surface area contributed by atoms with Gasteiger partial charge in [-0.3, -0.25) is 4.79 Å². The molecule has 2 N–H and O–H groups in total. The zero-order valence-corrected chi connectivity index (χ0v) is 16.1. The maximum absolute atomic E-state index is 13.0. The first-order chi connectivity index (χ1) is 13.3. The lowest BCUT2D eigenvalue weighted by molar-refractivity contribution is -0.113. The van der Waals surface area contributed by atoms with Crippen molar-refractivity contribution < 1.29 is 22.8 Å². The van der Waals surface area contributed by atoms with Crippen molar-refractivity contribution in [2.24, 2.45) is 0 Å². The molecule has 7 nitrogen and oxygen atoms in total. The highest BCUT2D eigenvalue weighted by Gasteiger charge is 2.32. The predicted octanol–water partition coefficient (Wildman–Crippen LogP) is 3.36. The van der Waals surface area contributed by atoms with E-state index in [0.717, 1.165) is 0 Å². The molecule has 0 spiro atoms. The van der Waals surface area contributed by atoms with Gasteiger partial charge in [0, 0.05) is 18.8 Å². The molecular weight excluding hydrogens is 390 g/mol. The molecule has 1 atom stereocenters. The second kappa shape index (κ2) is 7.93. The molecule has 0 aliphatic carbocycles. The van der Waals surface area contributed by atoms with E-state index in [4.69, 9.17) is 16.7 Å². The van der Waals surface area contributed by atoms with Gasteiger partial charge in [-0.15, -0.1) is 0 Å². The molecule has 0 unspecified atom stereocenters. The third-order valence-corrected chi connectivity index (χ3v) is 4.70. The van der Waals surface area contributed by atoms with Gasteiger partial charge in [0.15, 0.2) is 10.9 Å².